The Hall–Kier alpha value is -1.49. The lowest BCUT2D eigenvalue weighted by Gasteiger charge is -2.04. The molecule has 0 spiro atoms. The molecule has 5 heteroatoms. The maximum atomic E-state index is 4.48. The Labute approximate surface area is 98.9 Å². The molecule has 2 heterocycles. The number of imidazole rings is 1. The summed E-state index contributed by atoms with van der Waals surface area (Å²) in [6, 6.07) is 5.95. The van der Waals surface area contributed by atoms with Crippen LogP contribution in [0.3, 0.4) is 0 Å². The Morgan fingerprint density at radius 3 is 3.12 bits per heavy atom. The number of pyridine rings is 1. The van der Waals surface area contributed by atoms with Gasteiger partial charge in [-0.15, -0.1) is 0 Å². The van der Waals surface area contributed by atoms with Gasteiger partial charge in [-0.25, -0.2) is 9.97 Å². The van der Waals surface area contributed by atoms with Crippen LogP contribution in [0, 0.1) is 0 Å². The monoisotopic (exact) mass is 234 g/mol. The average Bonchev–Trinajstić information content (AvgIpc) is 2.80. The SMILES string of the molecule is CCCNc1cccc(Sc2ncc[nH]2)n1. The molecule has 0 amide bonds. The quantitative estimate of drug-likeness (QED) is 0.835. The predicted molar refractivity (Wildman–Crippen MR) is 65.7 cm³/mol. The molecule has 2 N–H and O–H groups in total. The van der Waals surface area contributed by atoms with Gasteiger partial charge in [-0.3, -0.25) is 0 Å². The van der Waals surface area contributed by atoms with E-state index >= 15 is 0 Å². The predicted octanol–water partition coefficient (Wildman–Crippen LogP) is 2.78. The summed E-state index contributed by atoms with van der Waals surface area (Å²) in [5.74, 6) is 0.915. The van der Waals surface area contributed by atoms with Crippen molar-refractivity contribution in [3.05, 3.63) is 30.6 Å². The number of nitrogens with zero attached hydrogens (tertiary/aromatic N) is 2. The van der Waals surface area contributed by atoms with Gasteiger partial charge in [-0.2, -0.15) is 0 Å². The molecular weight excluding hydrogens is 220 g/mol. The third-order valence-corrected chi connectivity index (χ3v) is 2.81. The number of rotatable bonds is 5. The first-order valence-corrected chi connectivity index (χ1v) is 6.08. The number of aromatic amines is 1. The fourth-order valence-corrected chi connectivity index (χ4v) is 1.96. The third kappa shape index (κ3) is 3.00. The molecule has 84 valence electrons. The second-order valence-electron chi connectivity index (χ2n) is 3.28. The minimum absolute atomic E-state index is 0.861. The first-order valence-electron chi connectivity index (χ1n) is 5.26. The molecule has 4 nitrogen and oxygen atoms in total. The van der Waals surface area contributed by atoms with Gasteiger partial charge in [0.05, 0.1) is 0 Å². The van der Waals surface area contributed by atoms with Crippen molar-refractivity contribution < 1.29 is 0 Å². The average molecular weight is 234 g/mol. The van der Waals surface area contributed by atoms with E-state index in [-0.39, 0.29) is 0 Å². The van der Waals surface area contributed by atoms with Gasteiger partial charge in [0.2, 0.25) is 0 Å². The van der Waals surface area contributed by atoms with Crippen molar-refractivity contribution in [2.45, 2.75) is 23.5 Å². The van der Waals surface area contributed by atoms with E-state index in [2.05, 4.69) is 27.2 Å². The van der Waals surface area contributed by atoms with Crippen LogP contribution >= 0.6 is 11.8 Å². The first-order chi connectivity index (χ1) is 7.88. The van der Waals surface area contributed by atoms with E-state index in [4.69, 9.17) is 0 Å². The standard InChI is InChI=1S/C11H14N4S/c1-2-6-12-9-4-3-5-10(15-9)16-11-13-7-8-14-11/h3-5,7-8H,2,6H2,1H3,(H,12,15)(H,13,14). The highest BCUT2D eigenvalue weighted by molar-refractivity contribution is 7.99. The summed E-state index contributed by atoms with van der Waals surface area (Å²) >= 11 is 1.52. The fourth-order valence-electron chi connectivity index (χ4n) is 1.23. The summed E-state index contributed by atoms with van der Waals surface area (Å²) in [5.41, 5.74) is 0. The van der Waals surface area contributed by atoms with Crippen molar-refractivity contribution in [2.75, 3.05) is 11.9 Å². The smallest absolute Gasteiger partial charge is 0.171 e. The number of anilines is 1. The van der Waals surface area contributed by atoms with Crippen molar-refractivity contribution in [3.63, 3.8) is 0 Å². The van der Waals surface area contributed by atoms with Crippen molar-refractivity contribution >= 4 is 17.6 Å². The third-order valence-electron chi connectivity index (χ3n) is 1.95. The van der Waals surface area contributed by atoms with Gasteiger partial charge in [0.1, 0.15) is 10.8 Å². The van der Waals surface area contributed by atoms with Crippen molar-refractivity contribution in [1.29, 1.82) is 0 Å². The molecule has 2 rings (SSSR count). The zero-order valence-corrected chi connectivity index (χ0v) is 9.92. The molecule has 2 aromatic rings. The van der Waals surface area contributed by atoms with Crippen LogP contribution in [-0.4, -0.2) is 21.5 Å². The van der Waals surface area contributed by atoms with E-state index in [0.29, 0.717) is 0 Å². The summed E-state index contributed by atoms with van der Waals surface area (Å²) in [7, 11) is 0. The zero-order chi connectivity index (χ0) is 11.2. The highest BCUT2D eigenvalue weighted by atomic mass is 32.2. The van der Waals surface area contributed by atoms with Gasteiger partial charge in [0, 0.05) is 18.9 Å². The number of aromatic nitrogens is 3. The first kappa shape index (κ1) is 11.0. The number of hydrogen-bond acceptors (Lipinski definition) is 4. The summed E-state index contributed by atoms with van der Waals surface area (Å²) in [5, 5.41) is 5.06. The van der Waals surface area contributed by atoms with Gasteiger partial charge in [0.15, 0.2) is 5.16 Å². The van der Waals surface area contributed by atoms with Gasteiger partial charge >= 0.3 is 0 Å². The summed E-state index contributed by atoms with van der Waals surface area (Å²) in [4.78, 5) is 11.7. The van der Waals surface area contributed by atoms with Gasteiger partial charge < -0.3 is 10.3 Å². The molecule has 0 unspecified atom stereocenters. The Morgan fingerprint density at radius 2 is 2.38 bits per heavy atom. The minimum Gasteiger partial charge on any atom is -0.370 e. The Balaban J connectivity index is 2.04. The van der Waals surface area contributed by atoms with E-state index in [1.54, 1.807) is 6.20 Å². The molecule has 0 saturated heterocycles. The highest BCUT2D eigenvalue weighted by Crippen LogP contribution is 2.23. The molecule has 2 aromatic heterocycles. The lowest BCUT2D eigenvalue weighted by molar-refractivity contribution is 0.958. The van der Waals surface area contributed by atoms with Crippen LogP contribution in [0.2, 0.25) is 0 Å². The zero-order valence-electron chi connectivity index (χ0n) is 9.10. The van der Waals surface area contributed by atoms with Crippen LogP contribution < -0.4 is 5.32 Å². The Bertz CT molecular complexity index is 427. The highest BCUT2D eigenvalue weighted by Gasteiger charge is 2.01. The van der Waals surface area contributed by atoms with Crippen molar-refractivity contribution in [2.24, 2.45) is 0 Å². The number of hydrogen-bond donors (Lipinski definition) is 2. The van der Waals surface area contributed by atoms with E-state index in [1.807, 2.05) is 24.4 Å². The molecule has 16 heavy (non-hydrogen) atoms. The van der Waals surface area contributed by atoms with E-state index < -0.39 is 0 Å². The Morgan fingerprint density at radius 1 is 1.44 bits per heavy atom. The van der Waals surface area contributed by atoms with Crippen LogP contribution in [-0.2, 0) is 0 Å². The van der Waals surface area contributed by atoms with Crippen LogP contribution in [0.15, 0.2) is 40.8 Å². The maximum absolute atomic E-state index is 4.48. The van der Waals surface area contributed by atoms with Gasteiger partial charge in [0.25, 0.3) is 0 Å². The lowest BCUT2D eigenvalue weighted by Crippen LogP contribution is -2.01. The van der Waals surface area contributed by atoms with Gasteiger partial charge in [-0.05, 0) is 30.3 Å². The second kappa shape index (κ2) is 5.55. The van der Waals surface area contributed by atoms with Crippen molar-refractivity contribution in [1.82, 2.24) is 15.0 Å². The number of nitrogens with one attached hydrogen (secondary N) is 2. The molecular formula is C11H14N4S. The molecule has 0 aliphatic heterocycles. The molecule has 0 aliphatic carbocycles. The Kier molecular flexibility index (Phi) is 3.82. The van der Waals surface area contributed by atoms with Crippen molar-refractivity contribution in [3.8, 4) is 0 Å². The van der Waals surface area contributed by atoms with Crippen LogP contribution in [0.4, 0.5) is 5.82 Å². The van der Waals surface area contributed by atoms with Crippen LogP contribution in [0.5, 0.6) is 0 Å². The van der Waals surface area contributed by atoms with Crippen LogP contribution in [0.25, 0.3) is 0 Å². The normalized spacial score (nSPS) is 10.3. The number of H-pyrrole nitrogens is 1. The fraction of sp³-hybridized carbons (Fsp3) is 0.273. The second-order valence-corrected chi connectivity index (χ2v) is 4.29. The van der Waals surface area contributed by atoms with Crippen LogP contribution in [0.1, 0.15) is 13.3 Å². The molecule has 0 fully saturated rings. The summed E-state index contributed by atoms with van der Waals surface area (Å²) < 4.78 is 0. The van der Waals surface area contributed by atoms with Gasteiger partial charge in [-0.1, -0.05) is 13.0 Å². The summed E-state index contributed by atoms with van der Waals surface area (Å²) in [6.45, 7) is 3.08. The molecule has 0 saturated carbocycles. The molecule has 0 bridgehead atoms. The maximum Gasteiger partial charge on any atom is 0.171 e. The topological polar surface area (TPSA) is 53.6 Å². The molecule has 0 aliphatic rings. The molecule has 0 aromatic carbocycles. The van der Waals surface area contributed by atoms with E-state index in [0.717, 1.165) is 29.0 Å². The summed E-state index contributed by atoms with van der Waals surface area (Å²) in [6.07, 6.45) is 4.64. The largest absolute Gasteiger partial charge is 0.370 e. The van der Waals surface area contributed by atoms with E-state index in [1.165, 1.54) is 11.8 Å². The minimum atomic E-state index is 0.861. The molecule has 0 radical (unpaired) electrons. The molecule has 0 atom stereocenters. The lowest BCUT2D eigenvalue weighted by atomic mass is 10.4. The van der Waals surface area contributed by atoms with E-state index in [9.17, 15) is 0 Å².